The molecule has 7 heteroatoms. The Labute approximate surface area is 151 Å². The minimum Gasteiger partial charge on any atom is -0.358 e. The molecular weight excluding hydrogens is 326 g/mol. The van der Waals surface area contributed by atoms with Crippen LogP contribution >= 0.6 is 0 Å². The Morgan fingerprint density at radius 2 is 1.88 bits per heavy atom. The first-order valence-electron chi connectivity index (χ1n) is 8.69. The Hall–Kier alpha value is -3.22. The summed E-state index contributed by atoms with van der Waals surface area (Å²) in [6, 6.07) is 13.9. The van der Waals surface area contributed by atoms with Gasteiger partial charge in [-0.1, -0.05) is 30.3 Å². The topological polar surface area (TPSA) is 64.1 Å². The fourth-order valence-corrected chi connectivity index (χ4v) is 2.98. The molecule has 132 valence electrons. The van der Waals surface area contributed by atoms with Crippen LogP contribution in [-0.2, 0) is 6.54 Å². The molecule has 3 aromatic heterocycles. The molecule has 0 aliphatic heterocycles. The zero-order valence-electron chi connectivity index (χ0n) is 14.9. The van der Waals surface area contributed by atoms with Crippen LogP contribution in [0.1, 0.15) is 12.2 Å². The molecule has 0 amide bonds. The smallest absolute Gasteiger partial charge is 0.185 e. The normalized spacial score (nSPS) is 11.2. The van der Waals surface area contributed by atoms with Crippen molar-refractivity contribution in [2.75, 3.05) is 18.5 Å². The van der Waals surface area contributed by atoms with Crippen LogP contribution in [0.15, 0.2) is 54.9 Å². The summed E-state index contributed by atoms with van der Waals surface area (Å²) < 4.78 is 3.97. The molecule has 1 aromatic carbocycles. The monoisotopic (exact) mass is 347 g/mol. The van der Waals surface area contributed by atoms with Gasteiger partial charge in [0, 0.05) is 38.1 Å². The first-order chi connectivity index (χ1) is 12.7. The summed E-state index contributed by atoms with van der Waals surface area (Å²) in [7, 11) is 2.06. The van der Waals surface area contributed by atoms with Crippen molar-refractivity contribution in [2.45, 2.75) is 19.9 Å². The van der Waals surface area contributed by atoms with Crippen LogP contribution in [0, 0.1) is 6.92 Å². The van der Waals surface area contributed by atoms with Crippen molar-refractivity contribution in [1.82, 2.24) is 29.4 Å². The maximum atomic E-state index is 4.74. The van der Waals surface area contributed by atoms with Crippen molar-refractivity contribution < 1.29 is 0 Å². The summed E-state index contributed by atoms with van der Waals surface area (Å²) in [5.74, 6) is 2.70. The fraction of sp³-hybridized carbons (Fsp3) is 0.263. The van der Waals surface area contributed by atoms with Gasteiger partial charge in [-0.2, -0.15) is 4.52 Å². The lowest BCUT2D eigenvalue weighted by molar-refractivity contribution is 0.619. The summed E-state index contributed by atoms with van der Waals surface area (Å²) in [4.78, 5) is 6.41. The van der Waals surface area contributed by atoms with E-state index in [1.165, 1.54) is 0 Å². The minimum absolute atomic E-state index is 0.745. The maximum Gasteiger partial charge on any atom is 0.185 e. The third-order valence-corrected chi connectivity index (χ3v) is 4.49. The third kappa shape index (κ3) is 3.15. The Morgan fingerprint density at radius 1 is 1.04 bits per heavy atom. The maximum absolute atomic E-state index is 4.74. The van der Waals surface area contributed by atoms with E-state index >= 15 is 0 Å². The first kappa shape index (κ1) is 16.3. The predicted octanol–water partition coefficient (Wildman–Crippen LogP) is 2.82. The van der Waals surface area contributed by atoms with Crippen LogP contribution in [0.4, 0.5) is 5.82 Å². The third-order valence-electron chi connectivity index (χ3n) is 4.49. The molecule has 4 rings (SSSR count). The lowest BCUT2D eigenvalue weighted by Crippen LogP contribution is -2.22. The van der Waals surface area contributed by atoms with Crippen molar-refractivity contribution in [2.24, 2.45) is 0 Å². The molecule has 0 saturated heterocycles. The highest BCUT2D eigenvalue weighted by atomic mass is 15.4. The molecule has 0 aliphatic rings. The molecular formula is C19H21N7. The second-order valence-electron chi connectivity index (χ2n) is 6.29. The summed E-state index contributed by atoms with van der Waals surface area (Å²) in [6.45, 7) is 3.87. The highest BCUT2D eigenvalue weighted by Crippen LogP contribution is 2.19. The minimum atomic E-state index is 0.745. The van der Waals surface area contributed by atoms with Gasteiger partial charge in [0.15, 0.2) is 11.5 Å². The van der Waals surface area contributed by atoms with Gasteiger partial charge in [-0.3, -0.25) is 0 Å². The van der Waals surface area contributed by atoms with Crippen molar-refractivity contribution in [3.63, 3.8) is 0 Å². The molecule has 0 spiro atoms. The number of hydrogen-bond donors (Lipinski definition) is 0. The lowest BCUT2D eigenvalue weighted by atomic mass is 10.2. The number of benzene rings is 1. The van der Waals surface area contributed by atoms with Crippen molar-refractivity contribution >= 4 is 11.5 Å². The van der Waals surface area contributed by atoms with E-state index in [0.717, 1.165) is 48.2 Å². The average molecular weight is 347 g/mol. The molecule has 0 atom stereocenters. The number of fused-ring (bicyclic) bond motifs is 1. The van der Waals surface area contributed by atoms with E-state index < -0.39 is 0 Å². The van der Waals surface area contributed by atoms with Crippen molar-refractivity contribution in [3.8, 4) is 11.4 Å². The summed E-state index contributed by atoms with van der Waals surface area (Å²) >= 11 is 0. The summed E-state index contributed by atoms with van der Waals surface area (Å²) in [5.41, 5.74) is 1.75. The Balaban J connectivity index is 1.52. The van der Waals surface area contributed by atoms with Gasteiger partial charge >= 0.3 is 0 Å². The number of anilines is 1. The van der Waals surface area contributed by atoms with E-state index in [0.29, 0.717) is 0 Å². The van der Waals surface area contributed by atoms with Crippen LogP contribution in [0.25, 0.3) is 17.0 Å². The number of aromatic nitrogens is 6. The van der Waals surface area contributed by atoms with E-state index in [-0.39, 0.29) is 0 Å². The van der Waals surface area contributed by atoms with Gasteiger partial charge in [-0.25, -0.2) is 4.98 Å². The molecule has 3 heterocycles. The number of aryl methyl sites for hydroxylation is 2. The first-order valence-corrected chi connectivity index (χ1v) is 8.69. The van der Waals surface area contributed by atoms with Gasteiger partial charge in [0.05, 0.1) is 0 Å². The van der Waals surface area contributed by atoms with Gasteiger partial charge in [-0.15, -0.1) is 15.3 Å². The van der Waals surface area contributed by atoms with E-state index in [1.54, 1.807) is 4.52 Å². The molecule has 7 nitrogen and oxygen atoms in total. The van der Waals surface area contributed by atoms with E-state index in [4.69, 9.17) is 5.10 Å². The average Bonchev–Trinajstić information content (AvgIpc) is 3.28. The van der Waals surface area contributed by atoms with Crippen LogP contribution in [-0.4, -0.2) is 43.0 Å². The van der Waals surface area contributed by atoms with Crippen molar-refractivity contribution in [1.29, 1.82) is 0 Å². The lowest BCUT2D eigenvalue weighted by Gasteiger charge is -2.18. The molecule has 0 unspecified atom stereocenters. The van der Waals surface area contributed by atoms with E-state index in [9.17, 15) is 0 Å². The Bertz CT molecular complexity index is 1000. The van der Waals surface area contributed by atoms with Crippen molar-refractivity contribution in [3.05, 3.63) is 60.7 Å². The predicted molar refractivity (Wildman–Crippen MR) is 101 cm³/mol. The van der Waals surface area contributed by atoms with Gasteiger partial charge in [0.1, 0.15) is 11.6 Å². The van der Waals surface area contributed by atoms with Gasteiger partial charge < -0.3 is 9.47 Å². The summed E-state index contributed by atoms with van der Waals surface area (Å²) in [5, 5.41) is 13.3. The quantitative estimate of drug-likeness (QED) is 0.537. The standard InChI is InChI=1S/C19H21N7/c1-15-20-11-14-25(15)13-6-12-24(2)18-10-9-17-21-22-19(26(17)23-18)16-7-4-3-5-8-16/h3-5,7-11,14H,6,12-13H2,1-2H3. The zero-order chi connectivity index (χ0) is 17.9. The highest BCUT2D eigenvalue weighted by molar-refractivity contribution is 5.59. The number of imidazole rings is 1. The van der Waals surface area contributed by atoms with Crippen LogP contribution in [0.3, 0.4) is 0 Å². The highest BCUT2D eigenvalue weighted by Gasteiger charge is 2.11. The second-order valence-corrected chi connectivity index (χ2v) is 6.29. The van der Waals surface area contributed by atoms with Gasteiger partial charge in [0.2, 0.25) is 0 Å². The van der Waals surface area contributed by atoms with Crippen LogP contribution in [0.5, 0.6) is 0 Å². The molecule has 0 N–H and O–H groups in total. The summed E-state index contributed by atoms with van der Waals surface area (Å²) in [6.07, 6.45) is 4.87. The SMILES string of the molecule is Cc1nccn1CCCN(C)c1ccc2nnc(-c3ccccc3)n2n1. The van der Waals surface area contributed by atoms with E-state index in [2.05, 4.69) is 31.7 Å². The molecule has 0 fully saturated rings. The zero-order valence-corrected chi connectivity index (χ0v) is 14.9. The Kier molecular flexibility index (Phi) is 4.35. The largest absolute Gasteiger partial charge is 0.358 e. The number of hydrogen-bond acceptors (Lipinski definition) is 5. The molecule has 0 bridgehead atoms. The number of nitrogens with zero attached hydrogens (tertiary/aromatic N) is 7. The molecule has 0 saturated carbocycles. The van der Waals surface area contributed by atoms with Gasteiger partial charge in [-0.05, 0) is 25.5 Å². The fourth-order valence-electron chi connectivity index (χ4n) is 2.98. The Morgan fingerprint density at radius 3 is 2.65 bits per heavy atom. The molecule has 0 aliphatic carbocycles. The van der Waals surface area contributed by atoms with Crippen LogP contribution < -0.4 is 4.90 Å². The van der Waals surface area contributed by atoms with Crippen LogP contribution in [0.2, 0.25) is 0 Å². The molecule has 4 aromatic rings. The molecule has 26 heavy (non-hydrogen) atoms. The van der Waals surface area contributed by atoms with E-state index in [1.807, 2.05) is 61.8 Å². The number of rotatable bonds is 6. The molecule has 0 radical (unpaired) electrons. The van der Waals surface area contributed by atoms with Gasteiger partial charge in [0.25, 0.3) is 0 Å². The second kappa shape index (κ2) is 6.95.